The molecule has 88 valence electrons. The minimum absolute atomic E-state index is 0.281. The summed E-state index contributed by atoms with van der Waals surface area (Å²) in [6, 6.07) is 2.61. The third-order valence-corrected chi connectivity index (χ3v) is 3.56. The number of carbonyl (C=O) groups excluding carboxylic acids is 1. The standard InChI is InChI=1S/C12H18N2OS/c1-13-6-4-12(15)14(11-2-3-11)8-10-5-7-16-9-10/h5,7,9,11,13H,2-4,6,8H2,1H3. The van der Waals surface area contributed by atoms with Gasteiger partial charge in [0.15, 0.2) is 0 Å². The van der Waals surface area contributed by atoms with Crippen molar-refractivity contribution in [2.24, 2.45) is 0 Å². The first-order valence-corrected chi connectivity index (χ1v) is 6.70. The van der Waals surface area contributed by atoms with Crippen molar-refractivity contribution in [3.8, 4) is 0 Å². The molecule has 0 radical (unpaired) electrons. The van der Waals surface area contributed by atoms with Crippen LogP contribution in [0.3, 0.4) is 0 Å². The SMILES string of the molecule is CNCCC(=O)N(Cc1ccsc1)C1CC1. The van der Waals surface area contributed by atoms with Gasteiger partial charge in [0.2, 0.25) is 5.91 Å². The van der Waals surface area contributed by atoms with Crippen LogP contribution in [0.15, 0.2) is 16.8 Å². The number of amides is 1. The molecule has 16 heavy (non-hydrogen) atoms. The summed E-state index contributed by atoms with van der Waals surface area (Å²) in [4.78, 5) is 14.0. The quantitative estimate of drug-likeness (QED) is 0.820. The summed E-state index contributed by atoms with van der Waals surface area (Å²) in [6.45, 7) is 1.56. The lowest BCUT2D eigenvalue weighted by atomic mass is 10.2. The van der Waals surface area contributed by atoms with Crippen LogP contribution in [0.1, 0.15) is 24.8 Å². The molecule has 0 spiro atoms. The first kappa shape index (κ1) is 11.6. The Labute approximate surface area is 100 Å². The van der Waals surface area contributed by atoms with Gasteiger partial charge in [-0.05, 0) is 42.3 Å². The van der Waals surface area contributed by atoms with Gasteiger partial charge in [-0.1, -0.05) is 0 Å². The molecule has 3 nitrogen and oxygen atoms in total. The van der Waals surface area contributed by atoms with E-state index in [0.717, 1.165) is 13.1 Å². The molecule has 1 N–H and O–H groups in total. The van der Waals surface area contributed by atoms with Crippen LogP contribution >= 0.6 is 11.3 Å². The van der Waals surface area contributed by atoms with E-state index in [1.165, 1.54) is 18.4 Å². The van der Waals surface area contributed by atoms with Crippen LogP contribution < -0.4 is 5.32 Å². The van der Waals surface area contributed by atoms with Crippen molar-refractivity contribution >= 4 is 17.2 Å². The van der Waals surface area contributed by atoms with Gasteiger partial charge in [-0.15, -0.1) is 0 Å². The van der Waals surface area contributed by atoms with Gasteiger partial charge in [0.25, 0.3) is 0 Å². The highest BCUT2D eigenvalue weighted by atomic mass is 32.1. The summed E-state index contributed by atoms with van der Waals surface area (Å²) in [5, 5.41) is 7.22. The van der Waals surface area contributed by atoms with Crippen LogP contribution in [0, 0.1) is 0 Å². The lowest BCUT2D eigenvalue weighted by Crippen LogP contribution is -2.34. The van der Waals surface area contributed by atoms with Gasteiger partial charge in [0, 0.05) is 25.6 Å². The van der Waals surface area contributed by atoms with E-state index in [9.17, 15) is 4.79 Å². The summed E-state index contributed by atoms with van der Waals surface area (Å²) in [7, 11) is 1.88. The number of thiophene rings is 1. The van der Waals surface area contributed by atoms with Crippen LogP contribution in [0.25, 0.3) is 0 Å². The van der Waals surface area contributed by atoms with Crippen molar-refractivity contribution in [3.63, 3.8) is 0 Å². The van der Waals surface area contributed by atoms with E-state index in [0.29, 0.717) is 12.5 Å². The van der Waals surface area contributed by atoms with Gasteiger partial charge < -0.3 is 10.2 Å². The second-order valence-electron chi connectivity index (χ2n) is 4.24. The van der Waals surface area contributed by atoms with E-state index in [-0.39, 0.29) is 5.91 Å². The van der Waals surface area contributed by atoms with Gasteiger partial charge in [-0.2, -0.15) is 11.3 Å². The molecule has 0 saturated heterocycles. The van der Waals surface area contributed by atoms with Gasteiger partial charge >= 0.3 is 0 Å². The lowest BCUT2D eigenvalue weighted by molar-refractivity contribution is -0.132. The fourth-order valence-electron chi connectivity index (χ4n) is 1.76. The van der Waals surface area contributed by atoms with Crippen LogP contribution in [0.5, 0.6) is 0 Å². The normalized spacial score (nSPS) is 15.1. The molecule has 1 aliphatic rings. The molecule has 0 aromatic carbocycles. The number of nitrogens with zero attached hydrogens (tertiary/aromatic N) is 1. The summed E-state index contributed by atoms with van der Waals surface area (Å²) in [5.74, 6) is 0.281. The molecule has 0 unspecified atom stereocenters. The molecule has 2 rings (SSSR count). The van der Waals surface area contributed by atoms with Crippen LogP contribution in [-0.4, -0.2) is 30.4 Å². The summed E-state index contributed by atoms with van der Waals surface area (Å²) in [6.07, 6.45) is 2.96. The Hall–Kier alpha value is -0.870. The van der Waals surface area contributed by atoms with Crippen molar-refractivity contribution in [2.45, 2.75) is 31.8 Å². The zero-order valence-corrected chi connectivity index (χ0v) is 10.4. The molecule has 0 bridgehead atoms. The fraction of sp³-hybridized carbons (Fsp3) is 0.583. The van der Waals surface area contributed by atoms with Crippen molar-refractivity contribution in [1.29, 1.82) is 0 Å². The number of hydrogen-bond donors (Lipinski definition) is 1. The molecule has 1 aliphatic carbocycles. The third-order valence-electron chi connectivity index (χ3n) is 2.83. The molecular weight excluding hydrogens is 220 g/mol. The Balaban J connectivity index is 1.92. The van der Waals surface area contributed by atoms with E-state index in [1.54, 1.807) is 11.3 Å². The second-order valence-corrected chi connectivity index (χ2v) is 5.02. The topological polar surface area (TPSA) is 32.3 Å². The highest BCUT2D eigenvalue weighted by molar-refractivity contribution is 7.07. The summed E-state index contributed by atoms with van der Waals surface area (Å²) >= 11 is 1.69. The molecule has 1 fully saturated rings. The Kier molecular flexibility index (Phi) is 3.96. The van der Waals surface area contributed by atoms with Crippen LogP contribution in [0.2, 0.25) is 0 Å². The van der Waals surface area contributed by atoms with Crippen LogP contribution in [0.4, 0.5) is 0 Å². The summed E-state index contributed by atoms with van der Waals surface area (Å²) < 4.78 is 0. The molecule has 0 atom stereocenters. The lowest BCUT2D eigenvalue weighted by Gasteiger charge is -2.22. The zero-order valence-electron chi connectivity index (χ0n) is 9.61. The fourth-order valence-corrected chi connectivity index (χ4v) is 2.42. The Bertz CT molecular complexity index is 333. The average Bonchev–Trinajstić information content (AvgIpc) is 3.00. The van der Waals surface area contributed by atoms with E-state index in [1.807, 2.05) is 11.9 Å². The van der Waals surface area contributed by atoms with Gasteiger partial charge in [-0.25, -0.2) is 0 Å². The minimum atomic E-state index is 0.281. The smallest absolute Gasteiger partial charge is 0.224 e. The van der Waals surface area contributed by atoms with Crippen molar-refractivity contribution in [2.75, 3.05) is 13.6 Å². The van der Waals surface area contributed by atoms with Crippen molar-refractivity contribution in [3.05, 3.63) is 22.4 Å². The summed E-state index contributed by atoms with van der Waals surface area (Å²) in [5.41, 5.74) is 1.26. The maximum absolute atomic E-state index is 12.0. The Morgan fingerprint density at radius 2 is 2.44 bits per heavy atom. The van der Waals surface area contributed by atoms with Gasteiger partial charge in [0.05, 0.1) is 0 Å². The predicted molar refractivity (Wildman–Crippen MR) is 66.4 cm³/mol. The average molecular weight is 238 g/mol. The largest absolute Gasteiger partial charge is 0.335 e. The molecule has 1 saturated carbocycles. The highest BCUT2D eigenvalue weighted by Gasteiger charge is 2.32. The van der Waals surface area contributed by atoms with E-state index in [2.05, 4.69) is 22.1 Å². The van der Waals surface area contributed by atoms with Gasteiger partial charge in [-0.3, -0.25) is 4.79 Å². The molecule has 1 aromatic heterocycles. The Morgan fingerprint density at radius 1 is 1.62 bits per heavy atom. The monoisotopic (exact) mass is 238 g/mol. The van der Waals surface area contributed by atoms with Crippen LogP contribution in [-0.2, 0) is 11.3 Å². The molecular formula is C12H18N2OS. The molecule has 1 aromatic rings. The van der Waals surface area contributed by atoms with Crippen molar-refractivity contribution < 1.29 is 4.79 Å². The Morgan fingerprint density at radius 3 is 3.00 bits per heavy atom. The number of hydrogen-bond acceptors (Lipinski definition) is 3. The maximum Gasteiger partial charge on any atom is 0.224 e. The molecule has 0 aliphatic heterocycles. The second kappa shape index (κ2) is 5.46. The maximum atomic E-state index is 12.0. The van der Waals surface area contributed by atoms with E-state index in [4.69, 9.17) is 0 Å². The third kappa shape index (κ3) is 3.06. The first-order chi connectivity index (χ1) is 7.81. The number of nitrogens with one attached hydrogen (secondary N) is 1. The zero-order chi connectivity index (χ0) is 11.4. The number of rotatable bonds is 6. The van der Waals surface area contributed by atoms with E-state index >= 15 is 0 Å². The van der Waals surface area contributed by atoms with E-state index < -0.39 is 0 Å². The van der Waals surface area contributed by atoms with Gasteiger partial charge in [0.1, 0.15) is 0 Å². The van der Waals surface area contributed by atoms with Crippen molar-refractivity contribution in [1.82, 2.24) is 10.2 Å². The molecule has 1 heterocycles. The highest BCUT2D eigenvalue weighted by Crippen LogP contribution is 2.29. The molecule has 1 amide bonds. The minimum Gasteiger partial charge on any atom is -0.335 e. The first-order valence-electron chi connectivity index (χ1n) is 5.76. The number of carbonyl (C=O) groups is 1. The molecule has 4 heteroatoms. The predicted octanol–water partition coefficient (Wildman–Crippen LogP) is 1.85.